The van der Waals surface area contributed by atoms with Crippen LogP contribution in [-0.4, -0.2) is 13.2 Å². The number of aryl methyl sites for hydroxylation is 1. The minimum absolute atomic E-state index is 0.274. The Morgan fingerprint density at radius 2 is 2.06 bits per heavy atom. The van der Waals surface area contributed by atoms with Gasteiger partial charge in [0.05, 0.1) is 12.9 Å². The fourth-order valence-corrected chi connectivity index (χ4v) is 1.85. The molecule has 0 amide bonds. The summed E-state index contributed by atoms with van der Waals surface area (Å²) < 4.78 is 11.1. The van der Waals surface area contributed by atoms with Gasteiger partial charge in [0, 0.05) is 12.3 Å². The standard InChI is InChI=1S/C15H19NO2/c1-12-5-2-3-7-15(12)18-11-13(10-16)9-14-6-4-8-17-14/h2-8,13H,9-11,16H2,1H3. The third kappa shape index (κ3) is 3.37. The number of hydrogen-bond donors (Lipinski definition) is 1. The summed E-state index contributed by atoms with van der Waals surface area (Å²) in [6.07, 6.45) is 2.50. The Morgan fingerprint density at radius 1 is 1.22 bits per heavy atom. The number of rotatable bonds is 6. The van der Waals surface area contributed by atoms with Gasteiger partial charge in [0.15, 0.2) is 0 Å². The quantitative estimate of drug-likeness (QED) is 0.851. The summed E-state index contributed by atoms with van der Waals surface area (Å²) in [5.41, 5.74) is 6.91. The first-order chi connectivity index (χ1) is 8.79. The van der Waals surface area contributed by atoms with Gasteiger partial charge in [-0.2, -0.15) is 0 Å². The van der Waals surface area contributed by atoms with Gasteiger partial charge in [-0.05, 0) is 37.2 Å². The molecule has 2 aromatic rings. The highest BCUT2D eigenvalue weighted by atomic mass is 16.5. The highest BCUT2D eigenvalue weighted by Crippen LogP contribution is 2.18. The van der Waals surface area contributed by atoms with Crippen LogP contribution in [0.1, 0.15) is 11.3 Å². The second kappa shape index (κ2) is 6.26. The van der Waals surface area contributed by atoms with Gasteiger partial charge >= 0.3 is 0 Å². The van der Waals surface area contributed by atoms with Gasteiger partial charge < -0.3 is 14.9 Å². The summed E-state index contributed by atoms with van der Waals surface area (Å²) >= 11 is 0. The first-order valence-electron chi connectivity index (χ1n) is 6.20. The van der Waals surface area contributed by atoms with Crippen LogP contribution in [0.5, 0.6) is 5.75 Å². The zero-order chi connectivity index (χ0) is 12.8. The third-order valence-electron chi connectivity index (χ3n) is 2.97. The predicted octanol–water partition coefficient (Wildman–Crippen LogP) is 2.78. The number of ether oxygens (including phenoxy) is 1. The molecule has 0 aliphatic carbocycles. The van der Waals surface area contributed by atoms with E-state index in [1.165, 1.54) is 0 Å². The lowest BCUT2D eigenvalue weighted by Gasteiger charge is -2.15. The average molecular weight is 245 g/mol. The number of para-hydroxylation sites is 1. The van der Waals surface area contributed by atoms with Crippen molar-refractivity contribution >= 4 is 0 Å². The van der Waals surface area contributed by atoms with E-state index in [2.05, 4.69) is 0 Å². The van der Waals surface area contributed by atoms with Crippen LogP contribution in [0.4, 0.5) is 0 Å². The lowest BCUT2D eigenvalue weighted by molar-refractivity contribution is 0.244. The topological polar surface area (TPSA) is 48.4 Å². The molecule has 1 heterocycles. The Kier molecular flexibility index (Phi) is 4.42. The molecule has 1 aromatic carbocycles. The van der Waals surface area contributed by atoms with E-state index >= 15 is 0 Å². The zero-order valence-electron chi connectivity index (χ0n) is 10.6. The second-order valence-electron chi connectivity index (χ2n) is 4.46. The van der Waals surface area contributed by atoms with Gasteiger partial charge in [0.25, 0.3) is 0 Å². The van der Waals surface area contributed by atoms with E-state index in [1.807, 2.05) is 43.3 Å². The van der Waals surface area contributed by atoms with Crippen molar-refractivity contribution in [1.82, 2.24) is 0 Å². The normalized spacial score (nSPS) is 12.3. The van der Waals surface area contributed by atoms with Crippen molar-refractivity contribution in [2.24, 2.45) is 11.7 Å². The van der Waals surface area contributed by atoms with Gasteiger partial charge in [0.2, 0.25) is 0 Å². The van der Waals surface area contributed by atoms with Crippen LogP contribution < -0.4 is 10.5 Å². The highest BCUT2D eigenvalue weighted by molar-refractivity contribution is 5.31. The number of hydrogen-bond acceptors (Lipinski definition) is 3. The van der Waals surface area contributed by atoms with Gasteiger partial charge in [-0.15, -0.1) is 0 Å². The molecule has 3 heteroatoms. The van der Waals surface area contributed by atoms with Crippen LogP contribution in [0.2, 0.25) is 0 Å². The molecule has 1 atom stereocenters. The Hall–Kier alpha value is -1.74. The van der Waals surface area contributed by atoms with E-state index < -0.39 is 0 Å². The SMILES string of the molecule is Cc1ccccc1OCC(CN)Cc1ccco1. The largest absolute Gasteiger partial charge is 0.493 e. The van der Waals surface area contributed by atoms with Crippen LogP contribution >= 0.6 is 0 Å². The lowest BCUT2D eigenvalue weighted by atomic mass is 10.1. The molecule has 2 N–H and O–H groups in total. The molecule has 18 heavy (non-hydrogen) atoms. The van der Waals surface area contributed by atoms with E-state index in [0.717, 1.165) is 23.5 Å². The van der Waals surface area contributed by atoms with Crippen LogP contribution in [0.25, 0.3) is 0 Å². The fraction of sp³-hybridized carbons (Fsp3) is 0.333. The molecule has 0 saturated heterocycles. The summed E-state index contributed by atoms with van der Waals surface area (Å²) in [7, 11) is 0. The maximum Gasteiger partial charge on any atom is 0.122 e. The molecule has 0 radical (unpaired) electrons. The fourth-order valence-electron chi connectivity index (χ4n) is 1.85. The van der Waals surface area contributed by atoms with E-state index in [9.17, 15) is 0 Å². The highest BCUT2D eigenvalue weighted by Gasteiger charge is 2.11. The lowest BCUT2D eigenvalue weighted by Crippen LogP contribution is -2.23. The van der Waals surface area contributed by atoms with Crippen LogP contribution in [0.3, 0.4) is 0 Å². The third-order valence-corrected chi connectivity index (χ3v) is 2.97. The summed E-state index contributed by atoms with van der Waals surface area (Å²) in [5.74, 6) is 2.16. The molecule has 1 aromatic heterocycles. The molecule has 96 valence electrons. The summed E-state index contributed by atoms with van der Waals surface area (Å²) in [6, 6.07) is 11.9. The van der Waals surface area contributed by atoms with Crippen molar-refractivity contribution in [3.63, 3.8) is 0 Å². The van der Waals surface area contributed by atoms with Crippen molar-refractivity contribution in [2.75, 3.05) is 13.2 Å². The molecule has 0 aliphatic heterocycles. The molecule has 2 rings (SSSR count). The molecular formula is C15H19NO2. The van der Waals surface area contributed by atoms with Crippen molar-refractivity contribution in [3.8, 4) is 5.75 Å². The van der Waals surface area contributed by atoms with E-state index in [4.69, 9.17) is 14.9 Å². The average Bonchev–Trinajstić information content (AvgIpc) is 2.89. The Morgan fingerprint density at radius 3 is 2.72 bits per heavy atom. The Labute approximate surface area is 108 Å². The maximum absolute atomic E-state index is 5.82. The van der Waals surface area contributed by atoms with Crippen molar-refractivity contribution < 1.29 is 9.15 Å². The Balaban J connectivity index is 1.89. The summed E-state index contributed by atoms with van der Waals surface area (Å²) in [6.45, 7) is 3.24. The van der Waals surface area contributed by atoms with Crippen molar-refractivity contribution in [3.05, 3.63) is 54.0 Å². The second-order valence-corrected chi connectivity index (χ2v) is 4.46. The van der Waals surface area contributed by atoms with Crippen molar-refractivity contribution in [2.45, 2.75) is 13.3 Å². The summed E-state index contributed by atoms with van der Waals surface area (Å²) in [4.78, 5) is 0. The van der Waals surface area contributed by atoms with Crippen LogP contribution in [0, 0.1) is 12.8 Å². The van der Waals surface area contributed by atoms with Crippen LogP contribution in [0.15, 0.2) is 47.1 Å². The van der Waals surface area contributed by atoms with Gasteiger partial charge in [-0.3, -0.25) is 0 Å². The van der Waals surface area contributed by atoms with Crippen molar-refractivity contribution in [1.29, 1.82) is 0 Å². The van der Waals surface area contributed by atoms with E-state index in [0.29, 0.717) is 13.2 Å². The molecular weight excluding hydrogens is 226 g/mol. The summed E-state index contributed by atoms with van der Waals surface area (Å²) in [5, 5.41) is 0. The minimum atomic E-state index is 0.274. The number of nitrogens with two attached hydrogens (primary N) is 1. The zero-order valence-corrected chi connectivity index (χ0v) is 10.6. The maximum atomic E-state index is 5.82. The molecule has 0 spiro atoms. The smallest absolute Gasteiger partial charge is 0.122 e. The van der Waals surface area contributed by atoms with E-state index in [1.54, 1.807) is 6.26 Å². The Bertz CT molecular complexity index is 465. The van der Waals surface area contributed by atoms with Gasteiger partial charge in [0.1, 0.15) is 11.5 Å². The molecule has 3 nitrogen and oxygen atoms in total. The molecule has 1 unspecified atom stereocenters. The molecule has 0 bridgehead atoms. The molecule has 0 saturated carbocycles. The van der Waals surface area contributed by atoms with Gasteiger partial charge in [-0.1, -0.05) is 18.2 Å². The first-order valence-corrected chi connectivity index (χ1v) is 6.20. The first kappa shape index (κ1) is 12.7. The molecule has 0 aliphatic rings. The monoisotopic (exact) mass is 245 g/mol. The molecule has 0 fully saturated rings. The predicted molar refractivity (Wildman–Crippen MR) is 71.6 cm³/mol. The van der Waals surface area contributed by atoms with Gasteiger partial charge in [-0.25, -0.2) is 0 Å². The minimum Gasteiger partial charge on any atom is -0.493 e. The van der Waals surface area contributed by atoms with Crippen LogP contribution in [-0.2, 0) is 6.42 Å². The number of benzene rings is 1. The van der Waals surface area contributed by atoms with E-state index in [-0.39, 0.29) is 5.92 Å². The number of furan rings is 1.